The molecule has 0 atom stereocenters. The lowest BCUT2D eigenvalue weighted by atomic mass is 10.0. The molecule has 0 N–H and O–H groups in total. The molecule has 1 heterocycles. The maximum Gasteiger partial charge on any atom is 0.138 e. The molecule has 0 saturated carbocycles. The van der Waals surface area contributed by atoms with Crippen LogP contribution in [0.2, 0.25) is 0 Å². The van der Waals surface area contributed by atoms with Crippen molar-refractivity contribution in [3.05, 3.63) is 29.8 Å². The lowest BCUT2D eigenvalue weighted by molar-refractivity contribution is -0.119. The predicted octanol–water partition coefficient (Wildman–Crippen LogP) is 0.859. The number of hydrogen-bond acceptors (Lipinski definition) is 1. The summed E-state index contributed by atoms with van der Waals surface area (Å²) in [4.78, 5) is 11.7. The molecule has 112 valence electrons. The van der Waals surface area contributed by atoms with Crippen molar-refractivity contribution < 1.29 is 28.8 Å². The molecule has 0 unspecified atom stereocenters. The fourth-order valence-corrected chi connectivity index (χ4v) is 3.31. The average Bonchev–Trinajstić information content (AvgIpc) is 2.46. The Bertz CT molecular complexity index is 438. The van der Waals surface area contributed by atoms with E-state index in [0.29, 0.717) is 12.2 Å². The van der Waals surface area contributed by atoms with Gasteiger partial charge in [0.2, 0.25) is 0 Å². The summed E-state index contributed by atoms with van der Waals surface area (Å²) >= 11 is 0. The van der Waals surface area contributed by atoms with Gasteiger partial charge in [0, 0.05) is 12.0 Å². The molecule has 0 aromatic heterocycles. The molecule has 0 radical (unpaired) electrons. The first-order valence-electron chi connectivity index (χ1n) is 7.62. The quantitative estimate of drug-likeness (QED) is 0.541. The number of piperidine rings is 1. The summed E-state index contributed by atoms with van der Waals surface area (Å²) in [5, 5.41) is 0. The van der Waals surface area contributed by atoms with Gasteiger partial charge in [0.1, 0.15) is 11.5 Å². The first-order chi connectivity index (χ1) is 9.18. The topological polar surface area (TPSA) is 17.1 Å². The molecule has 1 aliphatic rings. The van der Waals surface area contributed by atoms with Gasteiger partial charge in [-0.3, -0.25) is 9.28 Å². The highest BCUT2D eigenvalue weighted by Gasteiger charge is 2.33. The number of carbonyl (C=O) groups excluding carboxylic acids is 1. The molecule has 1 aromatic rings. The maximum absolute atomic E-state index is 11.7. The molecule has 0 amide bonds. The molecule has 1 aromatic carbocycles. The van der Waals surface area contributed by atoms with Gasteiger partial charge in [-0.2, -0.15) is 0 Å². The molecule has 1 saturated heterocycles. The van der Waals surface area contributed by atoms with Crippen LogP contribution in [0.4, 0.5) is 5.69 Å². The molecule has 3 heteroatoms. The number of nitrogens with zero attached hydrogens (tertiary/aromatic N) is 1. The van der Waals surface area contributed by atoms with Crippen molar-refractivity contribution in [2.45, 2.75) is 46.0 Å². The van der Waals surface area contributed by atoms with E-state index >= 15 is 0 Å². The number of quaternary nitrogens is 1. The highest BCUT2D eigenvalue weighted by Crippen LogP contribution is 2.31. The fourth-order valence-electron chi connectivity index (χ4n) is 3.31. The third kappa shape index (κ3) is 4.04. The van der Waals surface area contributed by atoms with Gasteiger partial charge in [0.05, 0.1) is 26.1 Å². The molecule has 1 fully saturated rings. The normalized spacial score (nSPS) is 17.3. The number of likely N-dealkylation sites (tertiary alicyclic amines) is 1. The first-order valence-corrected chi connectivity index (χ1v) is 7.62. The summed E-state index contributed by atoms with van der Waals surface area (Å²) < 4.78 is 1.03. The van der Waals surface area contributed by atoms with Crippen LogP contribution in [-0.2, 0) is 4.79 Å². The fraction of sp³-hybridized carbons (Fsp3) is 0.588. The Morgan fingerprint density at radius 2 is 1.80 bits per heavy atom. The Kier molecular flexibility index (Phi) is 7.17. The summed E-state index contributed by atoms with van der Waals surface area (Å²) in [5.74, 6) is 0.400. The highest BCUT2D eigenvalue weighted by atomic mass is 127. The zero-order valence-electron chi connectivity index (χ0n) is 12.7. The third-order valence-electron chi connectivity index (χ3n) is 4.51. The Hall–Kier alpha value is -0.420. The monoisotopic (exact) mass is 387 g/mol. The number of Topliss-reactive ketones (excluding diaryl/α,β-unsaturated/α-hetero) is 1. The lowest BCUT2D eigenvalue weighted by Gasteiger charge is -2.42. The van der Waals surface area contributed by atoms with Gasteiger partial charge in [0.15, 0.2) is 0 Å². The Morgan fingerprint density at radius 1 is 1.15 bits per heavy atom. The second kappa shape index (κ2) is 8.13. The molecule has 2 nitrogen and oxygen atoms in total. The van der Waals surface area contributed by atoms with E-state index in [9.17, 15) is 4.79 Å². The minimum absolute atomic E-state index is 0. The number of benzene rings is 1. The molecule has 0 bridgehead atoms. The average molecular weight is 387 g/mol. The van der Waals surface area contributed by atoms with Crippen molar-refractivity contribution >= 4 is 11.5 Å². The maximum atomic E-state index is 11.7. The van der Waals surface area contributed by atoms with Crippen LogP contribution < -0.4 is 28.5 Å². The van der Waals surface area contributed by atoms with Crippen molar-refractivity contribution in [1.29, 1.82) is 0 Å². The zero-order chi connectivity index (χ0) is 13.7. The lowest BCUT2D eigenvalue weighted by Crippen LogP contribution is -3.00. The second-order valence-electron chi connectivity index (χ2n) is 5.81. The number of carbonyl (C=O) groups is 1. The number of halogens is 1. The summed E-state index contributed by atoms with van der Waals surface area (Å²) in [6.45, 7) is 7.55. The Labute approximate surface area is 140 Å². The minimum Gasteiger partial charge on any atom is -1.00 e. The van der Waals surface area contributed by atoms with E-state index in [-0.39, 0.29) is 24.0 Å². The van der Waals surface area contributed by atoms with Crippen molar-refractivity contribution in [1.82, 2.24) is 4.48 Å². The van der Waals surface area contributed by atoms with E-state index in [1.54, 1.807) is 0 Å². The van der Waals surface area contributed by atoms with Crippen LogP contribution in [0.25, 0.3) is 0 Å². The number of para-hydroxylation sites is 1. The number of rotatable bonds is 5. The standard InChI is InChI=1S/C17H26NO.HI/c1-3-16(19)11-14-18(12-7-4-8-13-18)17-10-6-5-9-15(17)2;/h5-6,9-10H,3-4,7-8,11-14H2,1-2H3;1H/q+1;/p-1. The largest absolute Gasteiger partial charge is 1.00 e. The molecule has 20 heavy (non-hydrogen) atoms. The van der Waals surface area contributed by atoms with Crippen LogP contribution in [-0.4, -0.2) is 25.4 Å². The summed E-state index contributed by atoms with van der Waals surface area (Å²) in [6, 6.07) is 8.71. The van der Waals surface area contributed by atoms with Crippen molar-refractivity contribution in [2.24, 2.45) is 0 Å². The van der Waals surface area contributed by atoms with Crippen LogP contribution in [0.1, 0.15) is 44.6 Å². The van der Waals surface area contributed by atoms with E-state index in [1.165, 1.54) is 43.6 Å². The molecule has 0 aliphatic carbocycles. The van der Waals surface area contributed by atoms with Gasteiger partial charge in [-0.25, -0.2) is 0 Å². The second-order valence-corrected chi connectivity index (χ2v) is 5.81. The van der Waals surface area contributed by atoms with E-state index in [1.807, 2.05) is 6.92 Å². The van der Waals surface area contributed by atoms with Gasteiger partial charge >= 0.3 is 0 Å². The minimum atomic E-state index is 0. The highest BCUT2D eigenvalue weighted by molar-refractivity contribution is 5.78. The van der Waals surface area contributed by atoms with Crippen LogP contribution in [0.5, 0.6) is 0 Å². The van der Waals surface area contributed by atoms with Crippen molar-refractivity contribution in [3.8, 4) is 0 Å². The van der Waals surface area contributed by atoms with E-state index < -0.39 is 0 Å². The van der Waals surface area contributed by atoms with Crippen LogP contribution in [0.15, 0.2) is 24.3 Å². The van der Waals surface area contributed by atoms with Crippen molar-refractivity contribution in [3.63, 3.8) is 0 Å². The van der Waals surface area contributed by atoms with Crippen LogP contribution in [0, 0.1) is 6.92 Å². The van der Waals surface area contributed by atoms with E-state index in [4.69, 9.17) is 0 Å². The summed E-state index contributed by atoms with van der Waals surface area (Å²) in [7, 11) is 0. The van der Waals surface area contributed by atoms with E-state index in [2.05, 4.69) is 31.2 Å². The van der Waals surface area contributed by atoms with Gasteiger partial charge in [-0.15, -0.1) is 0 Å². The van der Waals surface area contributed by atoms with Crippen LogP contribution >= 0.6 is 0 Å². The molecule has 0 spiro atoms. The van der Waals surface area contributed by atoms with Gasteiger partial charge < -0.3 is 24.0 Å². The van der Waals surface area contributed by atoms with Crippen LogP contribution in [0.3, 0.4) is 0 Å². The molecule has 2 rings (SSSR count). The zero-order valence-corrected chi connectivity index (χ0v) is 14.9. The number of ketones is 1. The van der Waals surface area contributed by atoms with Gasteiger partial charge in [-0.05, 0) is 32.3 Å². The van der Waals surface area contributed by atoms with Gasteiger partial charge in [-0.1, -0.05) is 25.1 Å². The van der Waals surface area contributed by atoms with E-state index in [0.717, 1.165) is 17.4 Å². The Balaban J connectivity index is 0.00000200. The van der Waals surface area contributed by atoms with Gasteiger partial charge in [0.25, 0.3) is 0 Å². The predicted molar refractivity (Wildman–Crippen MR) is 81.3 cm³/mol. The SMILES string of the molecule is CCC(=O)CC[N+]1(c2ccccc2C)CCCCC1.[I-]. The Morgan fingerprint density at radius 3 is 2.40 bits per heavy atom. The summed E-state index contributed by atoms with van der Waals surface area (Å²) in [5.41, 5.74) is 2.81. The number of aryl methyl sites for hydroxylation is 1. The molecular weight excluding hydrogens is 361 g/mol. The molecular formula is C17H26INO. The summed E-state index contributed by atoms with van der Waals surface area (Å²) in [6.07, 6.45) is 5.31. The van der Waals surface area contributed by atoms with Crippen molar-refractivity contribution in [2.75, 3.05) is 19.6 Å². The molecule has 1 aliphatic heterocycles. The number of hydrogen-bond donors (Lipinski definition) is 0. The third-order valence-corrected chi connectivity index (χ3v) is 4.51. The smallest absolute Gasteiger partial charge is 0.138 e. The first kappa shape index (κ1) is 17.6.